The molecule has 1 aromatic heterocycles. The molecule has 1 aliphatic carbocycles. The number of nitrogens with zero attached hydrogens (tertiary/aromatic N) is 1. The zero-order valence-electron chi connectivity index (χ0n) is 16.5. The third-order valence-electron chi connectivity index (χ3n) is 4.85. The fourth-order valence-electron chi connectivity index (χ4n) is 3.30. The summed E-state index contributed by atoms with van der Waals surface area (Å²) >= 11 is 1.77. The molecule has 0 saturated heterocycles. The lowest BCUT2D eigenvalue weighted by atomic mass is 9.96. The highest BCUT2D eigenvalue weighted by Crippen LogP contribution is 2.33. The van der Waals surface area contributed by atoms with Crippen LogP contribution in [0.1, 0.15) is 42.6 Å². The fourth-order valence-corrected chi connectivity index (χ4v) is 4.30. The van der Waals surface area contributed by atoms with Crippen LogP contribution < -0.4 is 20.7 Å². The Bertz CT molecular complexity index is 794. The summed E-state index contributed by atoms with van der Waals surface area (Å²) in [4.78, 5) is 17.0. The SMILES string of the molecule is CNC(=O)c1cc(Oc2ccc(NC)c(SCNC3CCCCC3)c2)ccn1. The molecule has 3 N–H and O–H groups in total. The number of thioether (sulfide) groups is 1. The first-order valence-electron chi connectivity index (χ1n) is 9.73. The molecule has 0 unspecified atom stereocenters. The zero-order chi connectivity index (χ0) is 19.8. The maximum Gasteiger partial charge on any atom is 0.269 e. The van der Waals surface area contributed by atoms with E-state index in [1.165, 1.54) is 32.1 Å². The number of carbonyl (C=O) groups is 1. The van der Waals surface area contributed by atoms with E-state index in [4.69, 9.17) is 4.74 Å². The van der Waals surface area contributed by atoms with Crippen molar-refractivity contribution in [3.05, 3.63) is 42.2 Å². The van der Waals surface area contributed by atoms with Gasteiger partial charge in [0.15, 0.2) is 0 Å². The van der Waals surface area contributed by atoms with Crippen molar-refractivity contribution in [3.63, 3.8) is 0 Å². The van der Waals surface area contributed by atoms with Crippen LogP contribution in [0.3, 0.4) is 0 Å². The fraction of sp³-hybridized carbons (Fsp3) is 0.429. The molecule has 7 heteroatoms. The van der Waals surface area contributed by atoms with Crippen LogP contribution in [-0.4, -0.2) is 36.9 Å². The maximum absolute atomic E-state index is 11.8. The molecule has 28 heavy (non-hydrogen) atoms. The van der Waals surface area contributed by atoms with Gasteiger partial charge in [-0.05, 0) is 37.1 Å². The normalized spacial score (nSPS) is 14.5. The number of hydrogen-bond acceptors (Lipinski definition) is 6. The highest BCUT2D eigenvalue weighted by molar-refractivity contribution is 7.99. The number of aromatic nitrogens is 1. The van der Waals surface area contributed by atoms with Gasteiger partial charge < -0.3 is 20.7 Å². The highest BCUT2D eigenvalue weighted by Gasteiger charge is 2.13. The number of pyridine rings is 1. The van der Waals surface area contributed by atoms with E-state index in [9.17, 15) is 4.79 Å². The Kier molecular flexibility index (Phi) is 7.56. The Balaban J connectivity index is 1.65. The number of ether oxygens (including phenoxy) is 1. The molecule has 150 valence electrons. The van der Waals surface area contributed by atoms with Crippen LogP contribution in [-0.2, 0) is 0 Å². The standard InChI is InChI=1S/C21H28N4O2S/c1-22-18-9-8-16(27-17-10-11-24-19(12-17)21(26)23-2)13-20(18)28-14-25-15-6-4-3-5-7-15/h8-13,15,22,25H,3-7,14H2,1-2H3,(H,23,26). The summed E-state index contributed by atoms with van der Waals surface area (Å²) in [5, 5.41) is 9.47. The van der Waals surface area contributed by atoms with Gasteiger partial charge in [0.1, 0.15) is 17.2 Å². The summed E-state index contributed by atoms with van der Waals surface area (Å²) in [6.07, 6.45) is 8.16. The molecule has 3 rings (SSSR count). The second-order valence-electron chi connectivity index (χ2n) is 6.79. The monoisotopic (exact) mass is 400 g/mol. The minimum Gasteiger partial charge on any atom is -0.457 e. The molecule has 1 aromatic carbocycles. The van der Waals surface area contributed by atoms with Crippen molar-refractivity contribution < 1.29 is 9.53 Å². The number of carbonyl (C=O) groups excluding carboxylic acids is 1. The van der Waals surface area contributed by atoms with Gasteiger partial charge in [0.25, 0.3) is 5.91 Å². The number of rotatable bonds is 8. The number of benzene rings is 1. The van der Waals surface area contributed by atoms with Gasteiger partial charge in [0.2, 0.25) is 0 Å². The van der Waals surface area contributed by atoms with E-state index in [0.717, 1.165) is 22.2 Å². The van der Waals surface area contributed by atoms with E-state index in [2.05, 4.69) is 20.9 Å². The molecule has 1 amide bonds. The van der Waals surface area contributed by atoms with E-state index >= 15 is 0 Å². The van der Waals surface area contributed by atoms with E-state index in [-0.39, 0.29) is 5.91 Å². The average Bonchev–Trinajstić information content (AvgIpc) is 2.74. The lowest BCUT2D eigenvalue weighted by Crippen LogP contribution is -2.30. The van der Waals surface area contributed by atoms with Crippen molar-refractivity contribution in [2.75, 3.05) is 25.3 Å². The van der Waals surface area contributed by atoms with Crippen LogP contribution in [0.15, 0.2) is 41.4 Å². The Hall–Kier alpha value is -2.25. The molecule has 1 saturated carbocycles. The van der Waals surface area contributed by atoms with Gasteiger partial charge in [-0.25, -0.2) is 0 Å². The third-order valence-corrected chi connectivity index (χ3v) is 5.81. The maximum atomic E-state index is 11.8. The van der Waals surface area contributed by atoms with Crippen molar-refractivity contribution in [2.45, 2.75) is 43.0 Å². The van der Waals surface area contributed by atoms with E-state index in [1.54, 1.807) is 37.1 Å². The molecule has 1 heterocycles. The number of hydrogen-bond donors (Lipinski definition) is 3. The van der Waals surface area contributed by atoms with Gasteiger partial charge in [-0.1, -0.05) is 19.3 Å². The first-order chi connectivity index (χ1) is 13.7. The van der Waals surface area contributed by atoms with Crippen molar-refractivity contribution >= 4 is 23.4 Å². The highest BCUT2D eigenvalue weighted by atomic mass is 32.2. The van der Waals surface area contributed by atoms with Gasteiger partial charge in [-0.15, -0.1) is 11.8 Å². The van der Waals surface area contributed by atoms with Gasteiger partial charge in [-0.3, -0.25) is 9.78 Å². The molecular formula is C21H28N4O2S. The quantitative estimate of drug-likeness (QED) is 0.454. The zero-order valence-corrected chi connectivity index (χ0v) is 17.3. The lowest BCUT2D eigenvalue weighted by molar-refractivity contribution is 0.0958. The van der Waals surface area contributed by atoms with E-state index in [0.29, 0.717) is 17.5 Å². The summed E-state index contributed by atoms with van der Waals surface area (Å²) in [6, 6.07) is 9.99. The second kappa shape index (κ2) is 10.3. The summed E-state index contributed by atoms with van der Waals surface area (Å²) in [6.45, 7) is 0. The first-order valence-corrected chi connectivity index (χ1v) is 10.7. The number of anilines is 1. The Labute approximate surface area is 170 Å². The summed E-state index contributed by atoms with van der Waals surface area (Å²) in [7, 11) is 3.51. The molecular weight excluding hydrogens is 372 g/mol. The third kappa shape index (κ3) is 5.62. The van der Waals surface area contributed by atoms with Gasteiger partial charge in [0.05, 0.1) is 0 Å². The van der Waals surface area contributed by atoms with Crippen molar-refractivity contribution in [1.29, 1.82) is 0 Å². The lowest BCUT2D eigenvalue weighted by Gasteiger charge is -2.23. The molecule has 2 aromatic rings. The van der Waals surface area contributed by atoms with Crippen LogP contribution in [0.2, 0.25) is 0 Å². The van der Waals surface area contributed by atoms with Gasteiger partial charge in [0, 0.05) is 48.9 Å². The van der Waals surface area contributed by atoms with Crippen LogP contribution in [0, 0.1) is 0 Å². The minimum absolute atomic E-state index is 0.235. The topological polar surface area (TPSA) is 75.3 Å². The number of nitrogens with one attached hydrogen (secondary N) is 3. The predicted molar refractivity (Wildman–Crippen MR) is 114 cm³/mol. The summed E-state index contributed by atoms with van der Waals surface area (Å²) in [5.41, 5.74) is 1.40. The van der Waals surface area contributed by atoms with Crippen molar-refractivity contribution in [1.82, 2.24) is 15.6 Å². The molecule has 0 bridgehead atoms. The molecule has 0 radical (unpaired) electrons. The largest absolute Gasteiger partial charge is 0.457 e. The molecule has 0 atom stereocenters. The van der Waals surface area contributed by atoms with Gasteiger partial charge in [-0.2, -0.15) is 0 Å². The summed E-state index contributed by atoms with van der Waals surface area (Å²) < 4.78 is 5.97. The molecule has 6 nitrogen and oxygen atoms in total. The van der Waals surface area contributed by atoms with E-state index < -0.39 is 0 Å². The van der Waals surface area contributed by atoms with Crippen LogP contribution in [0.5, 0.6) is 11.5 Å². The predicted octanol–water partition coefficient (Wildman–Crippen LogP) is 4.25. The average molecular weight is 401 g/mol. The second-order valence-corrected chi connectivity index (χ2v) is 7.81. The molecule has 1 aliphatic rings. The van der Waals surface area contributed by atoms with Crippen LogP contribution >= 0.6 is 11.8 Å². The first kappa shape index (κ1) is 20.5. The minimum atomic E-state index is -0.235. The van der Waals surface area contributed by atoms with Gasteiger partial charge >= 0.3 is 0 Å². The van der Waals surface area contributed by atoms with Crippen molar-refractivity contribution in [3.8, 4) is 11.5 Å². The van der Waals surface area contributed by atoms with Crippen LogP contribution in [0.25, 0.3) is 0 Å². The number of amides is 1. The molecule has 1 fully saturated rings. The Morgan fingerprint density at radius 3 is 2.68 bits per heavy atom. The molecule has 0 aliphatic heterocycles. The Morgan fingerprint density at radius 1 is 1.14 bits per heavy atom. The smallest absolute Gasteiger partial charge is 0.269 e. The van der Waals surface area contributed by atoms with Crippen molar-refractivity contribution in [2.24, 2.45) is 0 Å². The summed E-state index contributed by atoms with van der Waals surface area (Å²) in [5.74, 6) is 1.95. The van der Waals surface area contributed by atoms with E-state index in [1.807, 2.05) is 25.2 Å². The molecule has 0 spiro atoms. The Morgan fingerprint density at radius 2 is 1.93 bits per heavy atom. The van der Waals surface area contributed by atoms with Crippen LogP contribution in [0.4, 0.5) is 5.69 Å².